The molecule has 19 heavy (non-hydrogen) atoms. The topological polar surface area (TPSA) is 63.0 Å². The highest BCUT2D eigenvalue weighted by Crippen LogP contribution is 2.18. The number of rotatable bonds is 8. The summed E-state index contributed by atoms with van der Waals surface area (Å²) in [5.74, 6) is 1.78. The third-order valence-corrected chi connectivity index (χ3v) is 3.56. The lowest BCUT2D eigenvalue weighted by Gasteiger charge is -2.34. The predicted octanol–water partition coefficient (Wildman–Crippen LogP) is 1.81. The summed E-state index contributed by atoms with van der Waals surface area (Å²) < 4.78 is 1.95. The molecule has 1 aromatic rings. The Labute approximate surface area is 116 Å². The van der Waals surface area contributed by atoms with Crippen LogP contribution < -0.4 is 5.32 Å². The van der Waals surface area contributed by atoms with Crippen LogP contribution in [-0.2, 0) is 6.54 Å². The molecular formula is C14H28N4O. The second kappa shape index (κ2) is 7.01. The molecule has 0 fully saturated rings. The molecule has 110 valence electrons. The predicted molar refractivity (Wildman–Crippen MR) is 77.1 cm³/mol. The maximum Gasteiger partial charge on any atom is 0.147 e. The highest BCUT2D eigenvalue weighted by Gasteiger charge is 2.27. The van der Waals surface area contributed by atoms with Crippen molar-refractivity contribution >= 4 is 0 Å². The lowest BCUT2D eigenvalue weighted by atomic mass is 9.90. The summed E-state index contributed by atoms with van der Waals surface area (Å²) in [7, 11) is 0. The van der Waals surface area contributed by atoms with Crippen LogP contribution in [0, 0.1) is 13.8 Å². The van der Waals surface area contributed by atoms with Crippen LogP contribution in [0.15, 0.2) is 0 Å². The van der Waals surface area contributed by atoms with Gasteiger partial charge in [0.25, 0.3) is 0 Å². The molecule has 0 aliphatic heterocycles. The Balaban J connectivity index is 2.55. The molecule has 0 radical (unpaired) electrons. The Hall–Kier alpha value is -0.940. The lowest BCUT2D eigenvalue weighted by Crippen LogP contribution is -2.51. The third kappa shape index (κ3) is 4.58. The first-order chi connectivity index (χ1) is 8.92. The molecule has 1 aromatic heterocycles. The lowest BCUT2D eigenvalue weighted by molar-refractivity contribution is 0.133. The third-order valence-electron chi connectivity index (χ3n) is 3.56. The van der Waals surface area contributed by atoms with Gasteiger partial charge in [0.05, 0.1) is 6.61 Å². The van der Waals surface area contributed by atoms with Gasteiger partial charge in [-0.2, -0.15) is 5.10 Å². The summed E-state index contributed by atoms with van der Waals surface area (Å²) in [5.41, 5.74) is -0.169. The van der Waals surface area contributed by atoms with Crippen molar-refractivity contribution in [2.75, 3.05) is 6.61 Å². The highest BCUT2D eigenvalue weighted by atomic mass is 16.3. The average Bonchev–Trinajstić information content (AvgIpc) is 2.66. The minimum absolute atomic E-state index is 0.169. The normalized spacial score (nSPS) is 14.9. The van der Waals surface area contributed by atoms with Crippen molar-refractivity contribution in [2.24, 2.45) is 0 Å². The van der Waals surface area contributed by atoms with E-state index in [2.05, 4.69) is 36.2 Å². The molecule has 0 saturated carbocycles. The van der Waals surface area contributed by atoms with Gasteiger partial charge in [-0.25, -0.2) is 4.98 Å². The Kier molecular flexibility index (Phi) is 5.94. The molecule has 0 saturated heterocycles. The largest absolute Gasteiger partial charge is 0.394 e. The molecule has 0 amide bonds. The zero-order valence-corrected chi connectivity index (χ0v) is 12.9. The molecule has 1 atom stereocenters. The zero-order valence-electron chi connectivity index (χ0n) is 12.9. The molecule has 1 rings (SSSR count). The van der Waals surface area contributed by atoms with Gasteiger partial charge >= 0.3 is 0 Å². The van der Waals surface area contributed by atoms with Crippen LogP contribution in [0.2, 0.25) is 0 Å². The summed E-state index contributed by atoms with van der Waals surface area (Å²) in [6.07, 6.45) is 2.85. The van der Waals surface area contributed by atoms with Crippen LogP contribution in [0.25, 0.3) is 0 Å². The van der Waals surface area contributed by atoms with Crippen molar-refractivity contribution in [3.63, 3.8) is 0 Å². The number of aromatic nitrogens is 3. The van der Waals surface area contributed by atoms with E-state index in [4.69, 9.17) is 0 Å². The number of aliphatic hydroxyl groups is 1. The molecule has 0 aromatic carbocycles. The van der Waals surface area contributed by atoms with Gasteiger partial charge in [0.15, 0.2) is 0 Å². The van der Waals surface area contributed by atoms with E-state index in [1.165, 1.54) is 0 Å². The molecule has 1 heterocycles. The van der Waals surface area contributed by atoms with Gasteiger partial charge in [-0.15, -0.1) is 0 Å². The van der Waals surface area contributed by atoms with Crippen LogP contribution in [0.3, 0.4) is 0 Å². The van der Waals surface area contributed by atoms with Crippen molar-refractivity contribution in [1.82, 2.24) is 20.1 Å². The summed E-state index contributed by atoms with van der Waals surface area (Å²) in [5, 5.41) is 17.6. The monoisotopic (exact) mass is 268 g/mol. The molecule has 5 heteroatoms. The first-order valence-electron chi connectivity index (χ1n) is 7.19. The number of aliphatic hydroxyl groups excluding tert-OH is 1. The van der Waals surface area contributed by atoms with Crippen LogP contribution >= 0.6 is 0 Å². The van der Waals surface area contributed by atoms with Gasteiger partial charge in [-0.05, 0) is 33.1 Å². The van der Waals surface area contributed by atoms with Gasteiger partial charge in [0, 0.05) is 18.1 Å². The molecule has 0 aliphatic carbocycles. The first kappa shape index (κ1) is 16.1. The van der Waals surface area contributed by atoms with E-state index in [-0.39, 0.29) is 12.1 Å². The Morgan fingerprint density at radius 1 is 1.37 bits per heavy atom. The van der Waals surface area contributed by atoms with E-state index in [9.17, 15) is 5.11 Å². The van der Waals surface area contributed by atoms with E-state index in [1.807, 2.05) is 18.5 Å². The second-order valence-electron chi connectivity index (χ2n) is 5.62. The molecule has 0 spiro atoms. The molecule has 5 nitrogen and oxygen atoms in total. The fourth-order valence-electron chi connectivity index (χ4n) is 2.54. The average molecular weight is 268 g/mol. The van der Waals surface area contributed by atoms with Crippen LogP contribution in [0.5, 0.6) is 0 Å². The molecule has 0 bridgehead atoms. The van der Waals surface area contributed by atoms with Gasteiger partial charge < -0.3 is 10.4 Å². The zero-order chi connectivity index (χ0) is 14.5. The fraction of sp³-hybridized carbons (Fsp3) is 0.857. The summed E-state index contributed by atoms with van der Waals surface area (Å²) >= 11 is 0. The number of nitrogens with zero attached hydrogens (tertiary/aromatic N) is 3. The van der Waals surface area contributed by atoms with Gasteiger partial charge in [-0.3, -0.25) is 4.68 Å². The van der Waals surface area contributed by atoms with E-state index >= 15 is 0 Å². The maximum atomic E-state index is 9.68. The molecular weight excluding hydrogens is 240 g/mol. The van der Waals surface area contributed by atoms with Gasteiger partial charge in [-0.1, -0.05) is 20.8 Å². The Morgan fingerprint density at radius 3 is 2.47 bits per heavy atom. The maximum absolute atomic E-state index is 9.68. The Bertz CT molecular complexity index is 383. The van der Waals surface area contributed by atoms with Crippen molar-refractivity contribution in [2.45, 2.75) is 72.0 Å². The fourth-order valence-corrected chi connectivity index (χ4v) is 2.54. The first-order valence-corrected chi connectivity index (χ1v) is 7.19. The summed E-state index contributed by atoms with van der Waals surface area (Å²) in [4.78, 5) is 4.30. The molecule has 0 aliphatic rings. The number of hydrogen-bond donors (Lipinski definition) is 2. The van der Waals surface area contributed by atoms with Crippen molar-refractivity contribution in [1.29, 1.82) is 0 Å². The summed E-state index contributed by atoms with van der Waals surface area (Å²) in [6.45, 7) is 11.3. The number of aryl methyl sites for hydroxylation is 3. The van der Waals surface area contributed by atoms with E-state index in [0.29, 0.717) is 6.04 Å². The quantitative estimate of drug-likeness (QED) is 0.755. The van der Waals surface area contributed by atoms with Gasteiger partial charge in [0.1, 0.15) is 11.6 Å². The smallest absolute Gasteiger partial charge is 0.147 e. The van der Waals surface area contributed by atoms with Crippen LogP contribution in [0.1, 0.15) is 51.7 Å². The number of nitrogens with one attached hydrogen (secondary N) is 1. The van der Waals surface area contributed by atoms with E-state index < -0.39 is 0 Å². The van der Waals surface area contributed by atoms with E-state index in [1.54, 1.807) is 0 Å². The SMILES string of the molecule is CCC(CO)(CCCn1nc(C)nc1C)NC(C)C. The number of hydrogen-bond acceptors (Lipinski definition) is 4. The van der Waals surface area contributed by atoms with Gasteiger partial charge in [0.2, 0.25) is 0 Å². The molecule has 2 N–H and O–H groups in total. The second-order valence-corrected chi connectivity index (χ2v) is 5.62. The van der Waals surface area contributed by atoms with Crippen molar-refractivity contribution in [3.8, 4) is 0 Å². The van der Waals surface area contributed by atoms with Crippen molar-refractivity contribution in [3.05, 3.63) is 11.6 Å². The Morgan fingerprint density at radius 2 is 2.05 bits per heavy atom. The highest BCUT2D eigenvalue weighted by molar-refractivity contribution is 4.89. The van der Waals surface area contributed by atoms with E-state index in [0.717, 1.165) is 37.5 Å². The van der Waals surface area contributed by atoms with Crippen molar-refractivity contribution < 1.29 is 5.11 Å². The molecule has 1 unspecified atom stereocenters. The minimum Gasteiger partial charge on any atom is -0.394 e. The summed E-state index contributed by atoms with van der Waals surface area (Å²) in [6, 6.07) is 0.377. The van der Waals surface area contributed by atoms with Crippen LogP contribution in [0.4, 0.5) is 0 Å². The minimum atomic E-state index is -0.169. The standard InChI is InChI=1S/C14H28N4O/c1-6-14(10-19,16-11(2)3)8-7-9-18-13(5)15-12(4)17-18/h11,16,19H,6-10H2,1-5H3. The van der Waals surface area contributed by atoms with Crippen LogP contribution in [-0.4, -0.2) is 38.1 Å².